The van der Waals surface area contributed by atoms with Gasteiger partial charge in [-0.15, -0.1) is 0 Å². The van der Waals surface area contributed by atoms with Gasteiger partial charge in [0.1, 0.15) is 0 Å². The normalized spacial score (nSPS) is 15.5. The van der Waals surface area contributed by atoms with Crippen molar-refractivity contribution in [2.24, 2.45) is 0 Å². The van der Waals surface area contributed by atoms with Crippen LogP contribution in [0, 0.1) is 13.8 Å². The van der Waals surface area contributed by atoms with Crippen LogP contribution in [0.3, 0.4) is 0 Å². The lowest BCUT2D eigenvalue weighted by molar-refractivity contribution is 0.102. The van der Waals surface area contributed by atoms with E-state index in [1.54, 1.807) is 19.1 Å². The Bertz CT molecular complexity index is 932. The second kappa shape index (κ2) is 8.23. The van der Waals surface area contributed by atoms with Crippen molar-refractivity contribution in [3.05, 3.63) is 59.2 Å². The Balaban J connectivity index is 1.83. The third-order valence-electron chi connectivity index (χ3n) is 5.06. The Kier molecular flexibility index (Phi) is 5.97. The van der Waals surface area contributed by atoms with Crippen molar-refractivity contribution in [1.82, 2.24) is 4.72 Å². The molecule has 6 heteroatoms. The zero-order valence-electron chi connectivity index (χ0n) is 15.8. The van der Waals surface area contributed by atoms with Crippen LogP contribution in [0.25, 0.3) is 0 Å². The maximum Gasteiger partial charge on any atom is 0.255 e. The monoisotopic (exact) mass is 386 g/mol. The highest BCUT2D eigenvalue weighted by Gasteiger charge is 2.24. The molecule has 0 aliphatic heterocycles. The minimum absolute atomic E-state index is 0.0207. The number of hydrogen-bond acceptors (Lipinski definition) is 3. The van der Waals surface area contributed by atoms with Crippen molar-refractivity contribution >= 4 is 21.6 Å². The summed E-state index contributed by atoms with van der Waals surface area (Å²) in [4.78, 5) is 12.8. The Morgan fingerprint density at radius 1 is 0.963 bits per heavy atom. The van der Waals surface area contributed by atoms with Gasteiger partial charge in [0, 0.05) is 17.3 Å². The molecule has 0 radical (unpaired) electrons. The maximum atomic E-state index is 12.9. The number of sulfonamides is 1. The number of hydrogen-bond donors (Lipinski definition) is 2. The SMILES string of the molecule is Cc1ccccc1NC(=O)c1ccc(C)c(S(=O)(=O)NC2CCCCC2)c1. The van der Waals surface area contributed by atoms with E-state index in [1.165, 1.54) is 6.07 Å². The van der Waals surface area contributed by atoms with Gasteiger partial charge in [0.15, 0.2) is 0 Å². The smallest absolute Gasteiger partial charge is 0.255 e. The largest absolute Gasteiger partial charge is 0.322 e. The van der Waals surface area contributed by atoms with Crippen LogP contribution in [0.15, 0.2) is 47.4 Å². The highest BCUT2D eigenvalue weighted by Crippen LogP contribution is 2.23. The molecule has 0 saturated heterocycles. The van der Waals surface area contributed by atoms with E-state index in [4.69, 9.17) is 0 Å². The van der Waals surface area contributed by atoms with E-state index < -0.39 is 10.0 Å². The highest BCUT2D eigenvalue weighted by molar-refractivity contribution is 7.89. The number of carbonyl (C=O) groups excluding carboxylic acids is 1. The fraction of sp³-hybridized carbons (Fsp3) is 0.381. The topological polar surface area (TPSA) is 75.3 Å². The molecule has 0 atom stereocenters. The van der Waals surface area contributed by atoms with E-state index in [2.05, 4.69) is 10.0 Å². The highest BCUT2D eigenvalue weighted by atomic mass is 32.2. The van der Waals surface area contributed by atoms with Crippen molar-refractivity contribution < 1.29 is 13.2 Å². The number of benzene rings is 2. The molecule has 0 aromatic heterocycles. The van der Waals surface area contributed by atoms with Crippen LogP contribution < -0.4 is 10.0 Å². The van der Waals surface area contributed by atoms with Crippen LogP contribution in [0.4, 0.5) is 5.69 Å². The van der Waals surface area contributed by atoms with Crippen molar-refractivity contribution in [3.63, 3.8) is 0 Å². The predicted molar refractivity (Wildman–Crippen MR) is 108 cm³/mol. The molecule has 1 aliphatic rings. The fourth-order valence-corrected chi connectivity index (χ4v) is 5.02. The molecule has 3 rings (SSSR count). The van der Waals surface area contributed by atoms with E-state index in [-0.39, 0.29) is 16.8 Å². The second-order valence-corrected chi connectivity index (χ2v) is 8.89. The van der Waals surface area contributed by atoms with Crippen molar-refractivity contribution in [1.29, 1.82) is 0 Å². The van der Waals surface area contributed by atoms with Gasteiger partial charge in [0.25, 0.3) is 5.91 Å². The first-order valence-corrected chi connectivity index (χ1v) is 10.8. The van der Waals surface area contributed by atoms with E-state index >= 15 is 0 Å². The lowest BCUT2D eigenvalue weighted by atomic mass is 9.96. The molecule has 1 amide bonds. The fourth-order valence-electron chi connectivity index (χ4n) is 3.44. The summed E-state index contributed by atoms with van der Waals surface area (Å²) in [6.45, 7) is 3.66. The Morgan fingerprint density at radius 2 is 1.67 bits per heavy atom. The molecule has 2 N–H and O–H groups in total. The summed E-state index contributed by atoms with van der Waals surface area (Å²) in [6.07, 6.45) is 4.99. The molecule has 0 spiro atoms. The Labute approximate surface area is 161 Å². The third kappa shape index (κ3) is 4.76. The van der Waals surface area contributed by atoms with E-state index in [0.29, 0.717) is 16.8 Å². The molecule has 0 unspecified atom stereocenters. The molecule has 144 valence electrons. The molecule has 0 heterocycles. The molecule has 27 heavy (non-hydrogen) atoms. The average Bonchev–Trinajstić information content (AvgIpc) is 2.64. The number of para-hydroxylation sites is 1. The van der Waals surface area contributed by atoms with Gasteiger partial charge in [-0.25, -0.2) is 13.1 Å². The van der Waals surface area contributed by atoms with Crippen LogP contribution in [-0.2, 0) is 10.0 Å². The number of amides is 1. The van der Waals surface area contributed by atoms with Gasteiger partial charge < -0.3 is 5.32 Å². The summed E-state index contributed by atoms with van der Waals surface area (Å²) in [5.74, 6) is -0.321. The standard InChI is InChI=1S/C21H26N2O3S/c1-15-8-6-7-11-19(15)22-21(24)17-13-12-16(2)20(14-17)27(25,26)23-18-9-4-3-5-10-18/h6-8,11-14,18,23H,3-5,9-10H2,1-2H3,(H,22,24). The summed E-state index contributed by atoms with van der Waals surface area (Å²) in [7, 11) is -3.66. The average molecular weight is 387 g/mol. The number of nitrogens with one attached hydrogen (secondary N) is 2. The van der Waals surface area contributed by atoms with Gasteiger partial charge in [0.05, 0.1) is 4.90 Å². The van der Waals surface area contributed by atoms with Crippen molar-refractivity contribution in [3.8, 4) is 0 Å². The van der Waals surface area contributed by atoms with Gasteiger partial charge in [0.2, 0.25) is 10.0 Å². The lowest BCUT2D eigenvalue weighted by Crippen LogP contribution is -2.36. The molecule has 2 aromatic carbocycles. The number of anilines is 1. The Morgan fingerprint density at radius 3 is 2.37 bits per heavy atom. The van der Waals surface area contributed by atoms with E-state index in [1.807, 2.05) is 31.2 Å². The molecule has 5 nitrogen and oxygen atoms in total. The van der Waals surface area contributed by atoms with Crippen LogP contribution in [-0.4, -0.2) is 20.4 Å². The van der Waals surface area contributed by atoms with Crippen LogP contribution >= 0.6 is 0 Å². The van der Waals surface area contributed by atoms with Gasteiger partial charge in [-0.1, -0.05) is 43.5 Å². The van der Waals surface area contributed by atoms with Crippen molar-refractivity contribution in [2.75, 3.05) is 5.32 Å². The van der Waals surface area contributed by atoms with Gasteiger partial charge in [-0.2, -0.15) is 0 Å². The van der Waals surface area contributed by atoms with Gasteiger partial charge >= 0.3 is 0 Å². The molecular formula is C21H26N2O3S. The van der Waals surface area contributed by atoms with Crippen molar-refractivity contribution in [2.45, 2.75) is 56.9 Å². The molecule has 1 saturated carbocycles. The second-order valence-electron chi connectivity index (χ2n) is 7.21. The predicted octanol–water partition coefficient (Wildman–Crippen LogP) is 4.17. The lowest BCUT2D eigenvalue weighted by Gasteiger charge is -2.23. The number of carbonyl (C=O) groups is 1. The summed E-state index contributed by atoms with van der Waals surface area (Å²) >= 11 is 0. The zero-order valence-corrected chi connectivity index (χ0v) is 16.6. The summed E-state index contributed by atoms with van der Waals surface area (Å²) in [5, 5.41) is 2.85. The third-order valence-corrected chi connectivity index (χ3v) is 6.72. The Hall–Kier alpha value is -2.18. The first kappa shape index (κ1) is 19.6. The molecular weight excluding hydrogens is 360 g/mol. The van der Waals surface area contributed by atoms with E-state index in [9.17, 15) is 13.2 Å². The minimum atomic E-state index is -3.66. The zero-order chi connectivity index (χ0) is 19.4. The van der Waals surface area contributed by atoms with Crippen LogP contribution in [0.5, 0.6) is 0 Å². The number of rotatable bonds is 5. The van der Waals surface area contributed by atoms with Crippen LogP contribution in [0.2, 0.25) is 0 Å². The molecule has 2 aromatic rings. The molecule has 1 fully saturated rings. The first-order valence-electron chi connectivity index (χ1n) is 9.37. The quantitative estimate of drug-likeness (QED) is 0.810. The molecule has 1 aliphatic carbocycles. The minimum Gasteiger partial charge on any atom is -0.322 e. The maximum absolute atomic E-state index is 12.9. The molecule has 0 bridgehead atoms. The number of aryl methyl sites for hydroxylation is 2. The van der Waals surface area contributed by atoms with Gasteiger partial charge in [-0.05, 0) is 56.0 Å². The first-order chi connectivity index (χ1) is 12.9. The summed E-state index contributed by atoms with van der Waals surface area (Å²) in [6, 6.07) is 12.3. The summed E-state index contributed by atoms with van der Waals surface area (Å²) < 4.78 is 28.5. The van der Waals surface area contributed by atoms with Gasteiger partial charge in [-0.3, -0.25) is 4.79 Å². The van der Waals surface area contributed by atoms with E-state index in [0.717, 1.165) is 37.7 Å². The van der Waals surface area contributed by atoms with Crippen LogP contribution in [0.1, 0.15) is 53.6 Å². The summed E-state index contributed by atoms with van der Waals surface area (Å²) in [5.41, 5.74) is 2.62.